The second kappa shape index (κ2) is 5.09. The van der Waals surface area contributed by atoms with Crippen LogP contribution >= 0.6 is 12.2 Å². The van der Waals surface area contributed by atoms with Gasteiger partial charge in [0, 0.05) is 23.4 Å². The predicted molar refractivity (Wildman–Crippen MR) is 81.7 cm³/mol. The molecule has 0 aliphatic heterocycles. The molecule has 0 fully saturated rings. The van der Waals surface area contributed by atoms with Gasteiger partial charge < -0.3 is 4.74 Å². The third kappa shape index (κ3) is 2.20. The van der Waals surface area contributed by atoms with Gasteiger partial charge in [-0.25, -0.2) is 9.50 Å². The quantitative estimate of drug-likeness (QED) is 0.747. The normalized spacial score (nSPS) is 10.9. The molecule has 0 aliphatic rings. The number of aromatic amines is 1. The molecule has 2 aromatic heterocycles. The average molecular weight is 285 g/mol. The Hall–Kier alpha value is -2.14. The largest absolute Gasteiger partial charge is 0.497 e. The van der Waals surface area contributed by atoms with Crippen molar-refractivity contribution in [3.63, 3.8) is 0 Å². The molecule has 20 heavy (non-hydrogen) atoms. The zero-order valence-corrected chi connectivity index (χ0v) is 12.2. The van der Waals surface area contributed by atoms with Crippen LogP contribution in [0.1, 0.15) is 12.6 Å². The SMILES string of the molecule is CCc1cc2nc(-c3ccc(OC)cc3)cc(=S)n2[nH]1. The van der Waals surface area contributed by atoms with Crippen LogP contribution in [0.5, 0.6) is 5.75 Å². The number of aromatic nitrogens is 3. The summed E-state index contributed by atoms with van der Waals surface area (Å²) < 4.78 is 7.72. The zero-order valence-electron chi connectivity index (χ0n) is 11.4. The molecule has 0 amide bonds. The lowest BCUT2D eigenvalue weighted by Gasteiger charge is -2.04. The third-order valence-electron chi connectivity index (χ3n) is 3.27. The summed E-state index contributed by atoms with van der Waals surface area (Å²) in [5, 5.41) is 3.24. The van der Waals surface area contributed by atoms with Crippen molar-refractivity contribution >= 4 is 17.9 Å². The van der Waals surface area contributed by atoms with E-state index >= 15 is 0 Å². The molecule has 0 atom stereocenters. The Labute approximate surface area is 122 Å². The van der Waals surface area contributed by atoms with Gasteiger partial charge in [0.2, 0.25) is 0 Å². The van der Waals surface area contributed by atoms with Crippen molar-refractivity contribution < 1.29 is 4.74 Å². The summed E-state index contributed by atoms with van der Waals surface area (Å²) >= 11 is 5.42. The van der Waals surface area contributed by atoms with Gasteiger partial charge in [-0.2, -0.15) is 0 Å². The molecule has 102 valence electrons. The minimum absolute atomic E-state index is 0.723. The number of H-pyrrole nitrogens is 1. The van der Waals surface area contributed by atoms with Gasteiger partial charge in [-0.15, -0.1) is 0 Å². The summed E-state index contributed by atoms with van der Waals surface area (Å²) in [7, 11) is 1.66. The van der Waals surface area contributed by atoms with Crippen LogP contribution in [0, 0.1) is 4.64 Å². The van der Waals surface area contributed by atoms with E-state index in [-0.39, 0.29) is 0 Å². The molecule has 0 aliphatic carbocycles. The number of fused-ring (bicyclic) bond motifs is 1. The van der Waals surface area contributed by atoms with Crippen molar-refractivity contribution in [2.24, 2.45) is 0 Å². The highest BCUT2D eigenvalue weighted by atomic mass is 32.1. The van der Waals surface area contributed by atoms with E-state index in [4.69, 9.17) is 17.0 Å². The molecular formula is C15H15N3OS. The fourth-order valence-electron chi connectivity index (χ4n) is 2.13. The van der Waals surface area contributed by atoms with E-state index in [1.54, 1.807) is 7.11 Å². The molecule has 5 heteroatoms. The van der Waals surface area contributed by atoms with E-state index in [9.17, 15) is 0 Å². The Kier molecular flexibility index (Phi) is 3.28. The third-order valence-corrected chi connectivity index (χ3v) is 3.57. The summed E-state index contributed by atoms with van der Waals surface area (Å²) in [6.07, 6.45) is 0.927. The van der Waals surface area contributed by atoms with Crippen molar-refractivity contribution in [2.75, 3.05) is 7.11 Å². The van der Waals surface area contributed by atoms with E-state index in [2.05, 4.69) is 17.0 Å². The smallest absolute Gasteiger partial charge is 0.155 e. The monoisotopic (exact) mass is 285 g/mol. The standard InChI is InChI=1S/C15H15N3OS/c1-3-11-8-14-16-13(9-15(20)18(14)17-11)10-4-6-12(19-2)7-5-10/h4-9,17H,3H2,1-2H3. The van der Waals surface area contributed by atoms with Gasteiger partial charge in [-0.3, -0.25) is 5.10 Å². The summed E-state index contributed by atoms with van der Waals surface area (Å²) in [6, 6.07) is 11.8. The minimum atomic E-state index is 0.723. The van der Waals surface area contributed by atoms with E-state index in [0.29, 0.717) is 0 Å². The van der Waals surface area contributed by atoms with Gasteiger partial charge >= 0.3 is 0 Å². The van der Waals surface area contributed by atoms with Gasteiger partial charge in [0.15, 0.2) is 5.65 Å². The Morgan fingerprint density at radius 1 is 1.25 bits per heavy atom. The number of ether oxygens (including phenoxy) is 1. The Morgan fingerprint density at radius 2 is 2.00 bits per heavy atom. The molecular weight excluding hydrogens is 270 g/mol. The maximum absolute atomic E-state index is 5.42. The van der Waals surface area contributed by atoms with Gasteiger partial charge in [0.25, 0.3) is 0 Å². The van der Waals surface area contributed by atoms with Gasteiger partial charge in [0.1, 0.15) is 10.4 Å². The number of hydrogen-bond acceptors (Lipinski definition) is 3. The summed E-state index contributed by atoms with van der Waals surface area (Å²) in [6.45, 7) is 2.10. The molecule has 4 nitrogen and oxygen atoms in total. The number of hydrogen-bond donors (Lipinski definition) is 1. The molecule has 3 aromatic rings. The number of aryl methyl sites for hydroxylation is 1. The maximum atomic E-state index is 5.42. The molecule has 0 radical (unpaired) electrons. The van der Waals surface area contributed by atoms with Crippen molar-refractivity contribution in [3.8, 4) is 17.0 Å². The molecule has 3 rings (SSSR count). The molecule has 0 spiro atoms. The molecule has 1 aromatic carbocycles. The van der Waals surface area contributed by atoms with E-state index in [1.807, 2.05) is 40.9 Å². The highest BCUT2D eigenvalue weighted by molar-refractivity contribution is 7.71. The van der Waals surface area contributed by atoms with Crippen LogP contribution in [0.4, 0.5) is 0 Å². The first kappa shape index (κ1) is 12.9. The first-order chi connectivity index (χ1) is 9.71. The summed E-state index contributed by atoms with van der Waals surface area (Å²) in [4.78, 5) is 4.65. The van der Waals surface area contributed by atoms with Crippen LogP contribution in [0.15, 0.2) is 36.4 Å². The van der Waals surface area contributed by atoms with Crippen molar-refractivity contribution in [1.82, 2.24) is 14.6 Å². The van der Waals surface area contributed by atoms with Crippen LogP contribution in [-0.4, -0.2) is 21.7 Å². The first-order valence-electron chi connectivity index (χ1n) is 6.47. The fraction of sp³-hybridized carbons (Fsp3) is 0.200. The maximum Gasteiger partial charge on any atom is 0.155 e. The second-order valence-electron chi connectivity index (χ2n) is 4.54. The van der Waals surface area contributed by atoms with Crippen molar-refractivity contribution in [2.45, 2.75) is 13.3 Å². The molecule has 0 saturated carbocycles. The highest BCUT2D eigenvalue weighted by Crippen LogP contribution is 2.21. The fourth-order valence-corrected chi connectivity index (χ4v) is 2.38. The predicted octanol–water partition coefficient (Wildman–Crippen LogP) is 3.63. The lowest BCUT2D eigenvalue weighted by atomic mass is 10.1. The molecule has 0 unspecified atom stereocenters. The minimum Gasteiger partial charge on any atom is -0.497 e. The number of benzene rings is 1. The van der Waals surface area contributed by atoms with Crippen LogP contribution in [-0.2, 0) is 6.42 Å². The van der Waals surface area contributed by atoms with Crippen LogP contribution in [0.25, 0.3) is 16.9 Å². The lowest BCUT2D eigenvalue weighted by molar-refractivity contribution is 0.415. The number of nitrogens with zero attached hydrogens (tertiary/aromatic N) is 2. The van der Waals surface area contributed by atoms with Crippen LogP contribution < -0.4 is 4.74 Å². The number of rotatable bonds is 3. The van der Waals surface area contributed by atoms with Crippen LogP contribution in [0.3, 0.4) is 0 Å². The summed E-state index contributed by atoms with van der Waals surface area (Å²) in [5.41, 5.74) is 3.87. The van der Waals surface area contributed by atoms with Gasteiger partial charge in [-0.05, 0) is 30.7 Å². The zero-order chi connectivity index (χ0) is 14.1. The Bertz CT molecular complexity index is 802. The lowest BCUT2D eigenvalue weighted by Crippen LogP contribution is -1.94. The van der Waals surface area contributed by atoms with E-state index in [0.717, 1.165) is 39.4 Å². The van der Waals surface area contributed by atoms with Gasteiger partial charge in [0.05, 0.1) is 12.8 Å². The number of nitrogens with one attached hydrogen (secondary N) is 1. The van der Waals surface area contributed by atoms with Crippen molar-refractivity contribution in [3.05, 3.63) is 46.7 Å². The Morgan fingerprint density at radius 3 is 2.65 bits per heavy atom. The summed E-state index contributed by atoms with van der Waals surface area (Å²) in [5.74, 6) is 0.831. The molecule has 2 heterocycles. The molecule has 0 bridgehead atoms. The molecule has 0 saturated heterocycles. The van der Waals surface area contributed by atoms with E-state index in [1.165, 1.54) is 0 Å². The topological polar surface area (TPSA) is 42.3 Å². The average Bonchev–Trinajstić information content (AvgIpc) is 2.91. The first-order valence-corrected chi connectivity index (χ1v) is 6.88. The van der Waals surface area contributed by atoms with Crippen molar-refractivity contribution in [1.29, 1.82) is 0 Å². The van der Waals surface area contributed by atoms with E-state index < -0.39 is 0 Å². The Balaban J connectivity index is 2.13. The number of methoxy groups -OCH3 is 1. The van der Waals surface area contributed by atoms with Crippen LogP contribution in [0.2, 0.25) is 0 Å². The van der Waals surface area contributed by atoms with Gasteiger partial charge in [-0.1, -0.05) is 19.1 Å². The highest BCUT2D eigenvalue weighted by Gasteiger charge is 2.06. The molecule has 1 N–H and O–H groups in total. The second-order valence-corrected chi connectivity index (χ2v) is 4.95.